The zero-order valence-corrected chi connectivity index (χ0v) is 13.4. The van der Waals surface area contributed by atoms with Crippen LogP contribution in [0, 0.1) is 0 Å². The number of ether oxygens (including phenoxy) is 1. The largest absolute Gasteiger partial charge is 0.497 e. The van der Waals surface area contributed by atoms with Crippen molar-refractivity contribution in [2.45, 2.75) is 32.4 Å². The minimum Gasteiger partial charge on any atom is -0.497 e. The zero-order chi connectivity index (χ0) is 15.9. The lowest BCUT2D eigenvalue weighted by Gasteiger charge is -2.31. The van der Waals surface area contributed by atoms with E-state index in [1.54, 1.807) is 7.11 Å². The first-order chi connectivity index (χ1) is 10.7. The van der Waals surface area contributed by atoms with Gasteiger partial charge in [0, 0.05) is 6.04 Å². The van der Waals surface area contributed by atoms with E-state index in [2.05, 4.69) is 32.0 Å². The van der Waals surface area contributed by atoms with E-state index >= 15 is 0 Å². The Morgan fingerprint density at radius 1 is 1.09 bits per heavy atom. The Labute approximate surface area is 132 Å². The van der Waals surface area contributed by atoms with Crippen molar-refractivity contribution in [3.05, 3.63) is 65.7 Å². The van der Waals surface area contributed by atoms with Crippen molar-refractivity contribution in [1.82, 2.24) is 4.90 Å². The summed E-state index contributed by atoms with van der Waals surface area (Å²) >= 11 is 0. The van der Waals surface area contributed by atoms with E-state index in [0.29, 0.717) is 0 Å². The molecule has 0 aliphatic heterocycles. The second kappa shape index (κ2) is 7.64. The van der Waals surface area contributed by atoms with Crippen molar-refractivity contribution in [2.24, 2.45) is 0 Å². The first-order valence-corrected chi connectivity index (χ1v) is 7.56. The Hall–Kier alpha value is -2.29. The fourth-order valence-electron chi connectivity index (χ4n) is 2.73. The van der Waals surface area contributed by atoms with Crippen LogP contribution in [0.4, 0.5) is 0 Å². The van der Waals surface area contributed by atoms with Gasteiger partial charge in [-0.2, -0.15) is 0 Å². The Balaban J connectivity index is 2.11. The lowest BCUT2D eigenvalue weighted by molar-refractivity contribution is -0.122. The van der Waals surface area contributed by atoms with Gasteiger partial charge >= 0.3 is 0 Å². The minimum absolute atomic E-state index is 0.0549. The zero-order valence-electron chi connectivity index (χ0n) is 13.4. The SMILES string of the molecule is COc1cccc(C[C@H](C)N(C=O)[C@@H](C)c2ccccc2)c1. The quantitative estimate of drug-likeness (QED) is 0.727. The molecule has 0 saturated carbocycles. The topological polar surface area (TPSA) is 29.5 Å². The summed E-state index contributed by atoms with van der Waals surface area (Å²) in [6.45, 7) is 4.14. The first-order valence-electron chi connectivity index (χ1n) is 7.56. The number of hydrogen-bond donors (Lipinski definition) is 0. The average molecular weight is 297 g/mol. The number of rotatable bonds is 7. The highest BCUT2D eigenvalue weighted by Gasteiger charge is 2.20. The molecule has 2 atom stereocenters. The van der Waals surface area contributed by atoms with Crippen molar-refractivity contribution in [3.8, 4) is 5.75 Å². The van der Waals surface area contributed by atoms with Crippen LogP contribution >= 0.6 is 0 Å². The summed E-state index contributed by atoms with van der Waals surface area (Å²) in [6.07, 6.45) is 1.75. The molecule has 1 amide bonds. The molecule has 0 unspecified atom stereocenters. The molecule has 2 aromatic rings. The smallest absolute Gasteiger partial charge is 0.210 e. The summed E-state index contributed by atoms with van der Waals surface area (Å²) in [5.74, 6) is 0.846. The molecule has 0 N–H and O–H groups in total. The minimum atomic E-state index is 0.0549. The summed E-state index contributed by atoms with van der Waals surface area (Å²) in [4.78, 5) is 13.4. The van der Waals surface area contributed by atoms with E-state index in [9.17, 15) is 4.79 Å². The molecule has 3 nitrogen and oxygen atoms in total. The van der Waals surface area contributed by atoms with E-state index in [1.165, 1.54) is 5.56 Å². The van der Waals surface area contributed by atoms with Crippen molar-refractivity contribution in [3.63, 3.8) is 0 Å². The van der Waals surface area contributed by atoms with Crippen molar-refractivity contribution in [1.29, 1.82) is 0 Å². The van der Waals surface area contributed by atoms with Gasteiger partial charge in [-0.3, -0.25) is 4.79 Å². The molecule has 0 spiro atoms. The van der Waals surface area contributed by atoms with Gasteiger partial charge in [0.05, 0.1) is 13.2 Å². The van der Waals surface area contributed by atoms with Crippen LogP contribution in [0.1, 0.15) is 31.0 Å². The van der Waals surface area contributed by atoms with Gasteiger partial charge in [-0.15, -0.1) is 0 Å². The number of benzene rings is 2. The van der Waals surface area contributed by atoms with Crippen LogP contribution in [0.3, 0.4) is 0 Å². The summed E-state index contributed by atoms with van der Waals surface area (Å²) in [7, 11) is 1.66. The van der Waals surface area contributed by atoms with Crippen molar-refractivity contribution >= 4 is 6.41 Å². The molecule has 0 heterocycles. The van der Waals surface area contributed by atoms with E-state index in [-0.39, 0.29) is 12.1 Å². The van der Waals surface area contributed by atoms with Crippen molar-refractivity contribution < 1.29 is 9.53 Å². The van der Waals surface area contributed by atoms with Crippen LogP contribution in [-0.4, -0.2) is 24.5 Å². The predicted molar refractivity (Wildman–Crippen MR) is 88.9 cm³/mol. The summed E-state index contributed by atoms with van der Waals surface area (Å²) in [5, 5.41) is 0. The van der Waals surface area contributed by atoms with Gasteiger partial charge in [0.2, 0.25) is 6.41 Å². The van der Waals surface area contributed by atoms with Crippen LogP contribution in [0.5, 0.6) is 5.75 Å². The molecule has 2 rings (SSSR count). The lowest BCUT2D eigenvalue weighted by Crippen LogP contribution is -2.35. The Bertz CT molecular complexity index is 597. The highest BCUT2D eigenvalue weighted by Crippen LogP contribution is 2.23. The molecule has 22 heavy (non-hydrogen) atoms. The van der Waals surface area contributed by atoms with E-state index in [0.717, 1.165) is 24.1 Å². The molecule has 0 aliphatic carbocycles. The maximum absolute atomic E-state index is 11.6. The molecule has 0 aromatic heterocycles. The number of methoxy groups -OCH3 is 1. The van der Waals surface area contributed by atoms with Gasteiger partial charge in [-0.1, -0.05) is 42.5 Å². The monoisotopic (exact) mass is 297 g/mol. The maximum Gasteiger partial charge on any atom is 0.210 e. The third kappa shape index (κ3) is 3.88. The van der Waals surface area contributed by atoms with Gasteiger partial charge in [0.1, 0.15) is 5.75 Å². The van der Waals surface area contributed by atoms with Gasteiger partial charge < -0.3 is 9.64 Å². The maximum atomic E-state index is 11.6. The summed E-state index contributed by atoms with van der Waals surface area (Å²) in [5.41, 5.74) is 2.31. The number of carbonyl (C=O) groups is 1. The fraction of sp³-hybridized carbons (Fsp3) is 0.316. The Morgan fingerprint density at radius 3 is 2.45 bits per heavy atom. The fourth-order valence-corrected chi connectivity index (χ4v) is 2.73. The first kappa shape index (κ1) is 16.1. The Kier molecular flexibility index (Phi) is 5.59. The highest BCUT2D eigenvalue weighted by atomic mass is 16.5. The van der Waals surface area contributed by atoms with Gasteiger partial charge in [-0.25, -0.2) is 0 Å². The van der Waals surface area contributed by atoms with Crippen molar-refractivity contribution in [2.75, 3.05) is 7.11 Å². The van der Waals surface area contributed by atoms with Crippen LogP contribution in [-0.2, 0) is 11.2 Å². The van der Waals surface area contributed by atoms with Gasteiger partial charge in [-0.05, 0) is 43.5 Å². The van der Waals surface area contributed by atoms with Gasteiger partial charge in [0.15, 0.2) is 0 Å². The molecule has 0 bridgehead atoms. The lowest BCUT2D eigenvalue weighted by atomic mass is 10.0. The van der Waals surface area contributed by atoms with Crippen LogP contribution in [0.15, 0.2) is 54.6 Å². The van der Waals surface area contributed by atoms with Gasteiger partial charge in [0.25, 0.3) is 0 Å². The molecular formula is C19H23NO2. The Morgan fingerprint density at radius 2 is 1.82 bits per heavy atom. The average Bonchev–Trinajstić information content (AvgIpc) is 2.56. The standard InChI is InChI=1S/C19H23NO2/c1-15(12-17-8-7-11-19(13-17)22-3)20(14-21)16(2)18-9-5-4-6-10-18/h4-11,13-16H,12H2,1-3H3/t15-,16-/m0/s1. The molecule has 2 aromatic carbocycles. The van der Waals surface area contributed by atoms with Crippen LogP contribution in [0.2, 0.25) is 0 Å². The van der Waals surface area contributed by atoms with Crippen LogP contribution in [0.25, 0.3) is 0 Å². The molecule has 116 valence electrons. The molecule has 0 fully saturated rings. The summed E-state index contributed by atoms with van der Waals surface area (Å²) < 4.78 is 5.26. The molecule has 0 aliphatic rings. The summed E-state index contributed by atoms with van der Waals surface area (Å²) in [6, 6.07) is 18.3. The molecule has 3 heteroatoms. The third-order valence-electron chi connectivity index (χ3n) is 4.03. The highest BCUT2D eigenvalue weighted by molar-refractivity contribution is 5.49. The normalized spacial score (nSPS) is 13.2. The molecular weight excluding hydrogens is 274 g/mol. The second-order valence-electron chi connectivity index (χ2n) is 5.54. The number of nitrogens with zero attached hydrogens (tertiary/aromatic N) is 1. The number of amides is 1. The number of carbonyl (C=O) groups excluding carboxylic acids is 1. The second-order valence-corrected chi connectivity index (χ2v) is 5.54. The van der Waals surface area contributed by atoms with E-state index in [4.69, 9.17) is 4.74 Å². The van der Waals surface area contributed by atoms with E-state index < -0.39 is 0 Å². The van der Waals surface area contributed by atoms with E-state index in [1.807, 2.05) is 41.3 Å². The molecule has 0 saturated heterocycles. The van der Waals surface area contributed by atoms with Crippen LogP contribution < -0.4 is 4.74 Å². The number of hydrogen-bond acceptors (Lipinski definition) is 2. The third-order valence-corrected chi connectivity index (χ3v) is 4.03. The predicted octanol–water partition coefficient (Wildman–Crippen LogP) is 3.85. The molecule has 0 radical (unpaired) electrons.